The Morgan fingerprint density at radius 3 is 2.39 bits per heavy atom. The minimum absolute atomic E-state index is 1.10. The third-order valence-electron chi connectivity index (χ3n) is 3.10. The second-order valence-corrected chi connectivity index (χ2v) is 4.77. The third kappa shape index (κ3) is 3.62. The van der Waals surface area contributed by atoms with Crippen LogP contribution in [0, 0.1) is 0 Å². The van der Waals surface area contributed by atoms with Crippen molar-refractivity contribution in [3.8, 4) is 0 Å². The predicted molar refractivity (Wildman–Crippen MR) is 79.1 cm³/mol. The van der Waals surface area contributed by atoms with Gasteiger partial charge in [-0.1, -0.05) is 18.2 Å². The van der Waals surface area contributed by atoms with E-state index in [4.69, 9.17) is 0 Å². The minimum atomic E-state index is 1.10. The van der Waals surface area contributed by atoms with Crippen molar-refractivity contribution in [2.24, 2.45) is 5.10 Å². The second-order valence-electron chi connectivity index (χ2n) is 4.77. The van der Waals surface area contributed by atoms with Crippen molar-refractivity contribution in [1.29, 1.82) is 0 Å². The molecule has 1 aromatic rings. The van der Waals surface area contributed by atoms with Crippen molar-refractivity contribution < 1.29 is 0 Å². The molecule has 1 aliphatic heterocycles. The van der Waals surface area contributed by atoms with E-state index in [2.05, 4.69) is 45.4 Å². The van der Waals surface area contributed by atoms with Crippen LogP contribution in [-0.2, 0) is 0 Å². The molecule has 1 aliphatic rings. The van der Waals surface area contributed by atoms with Gasteiger partial charge < -0.3 is 4.90 Å². The van der Waals surface area contributed by atoms with Crippen LogP contribution < -0.4 is 4.90 Å². The number of rotatable bonds is 4. The lowest BCUT2D eigenvalue weighted by Gasteiger charge is -2.11. The lowest BCUT2D eigenvalue weighted by molar-refractivity contribution is 0.362. The topological polar surface area (TPSA) is 18.8 Å². The molecule has 0 radical (unpaired) electrons. The molecule has 1 aromatic carbocycles. The van der Waals surface area contributed by atoms with Gasteiger partial charge in [0.05, 0.1) is 0 Å². The summed E-state index contributed by atoms with van der Waals surface area (Å²) in [7, 11) is 4.10. The molecular formula is C15H21N3. The number of anilines is 1. The van der Waals surface area contributed by atoms with Gasteiger partial charge in [-0.05, 0) is 36.6 Å². The fraction of sp³-hybridized carbons (Fsp3) is 0.400. The van der Waals surface area contributed by atoms with Gasteiger partial charge in [-0.25, -0.2) is 0 Å². The Kier molecular flexibility index (Phi) is 4.40. The van der Waals surface area contributed by atoms with Crippen molar-refractivity contribution in [2.75, 3.05) is 32.1 Å². The van der Waals surface area contributed by atoms with Crippen LogP contribution in [0.1, 0.15) is 18.4 Å². The molecule has 18 heavy (non-hydrogen) atoms. The Hall–Kier alpha value is -1.77. The summed E-state index contributed by atoms with van der Waals surface area (Å²) in [5, 5.41) is 6.52. The molecule has 0 amide bonds. The molecule has 1 saturated heterocycles. The maximum absolute atomic E-state index is 4.40. The van der Waals surface area contributed by atoms with E-state index in [0.717, 1.165) is 13.1 Å². The van der Waals surface area contributed by atoms with Crippen LogP contribution in [0.25, 0.3) is 6.08 Å². The van der Waals surface area contributed by atoms with Crippen LogP contribution in [-0.4, -0.2) is 38.4 Å². The molecule has 3 nitrogen and oxygen atoms in total. The van der Waals surface area contributed by atoms with Gasteiger partial charge in [0.1, 0.15) is 0 Å². The summed E-state index contributed by atoms with van der Waals surface area (Å²) in [6, 6.07) is 8.49. The number of nitrogens with zero attached hydrogens (tertiary/aromatic N) is 3. The molecule has 0 bridgehead atoms. The van der Waals surface area contributed by atoms with Gasteiger partial charge in [0.15, 0.2) is 0 Å². The van der Waals surface area contributed by atoms with Crippen molar-refractivity contribution in [1.82, 2.24) is 5.01 Å². The quantitative estimate of drug-likeness (QED) is 0.757. The number of hydrazone groups is 1. The Labute approximate surface area is 109 Å². The molecule has 2 rings (SSSR count). The van der Waals surface area contributed by atoms with Crippen LogP contribution in [0.15, 0.2) is 35.4 Å². The first-order valence-corrected chi connectivity index (χ1v) is 6.49. The zero-order valence-corrected chi connectivity index (χ0v) is 11.2. The Morgan fingerprint density at radius 1 is 1.11 bits per heavy atom. The van der Waals surface area contributed by atoms with E-state index < -0.39 is 0 Å². The Bertz CT molecular complexity index is 412. The van der Waals surface area contributed by atoms with Crippen molar-refractivity contribution in [3.05, 3.63) is 35.9 Å². The smallest absolute Gasteiger partial charge is 0.0470 e. The first-order chi connectivity index (χ1) is 8.75. The SMILES string of the molecule is CN(C)c1ccc(C=CC=NN2CCCC2)cc1. The zero-order chi connectivity index (χ0) is 12.8. The van der Waals surface area contributed by atoms with Gasteiger partial charge in [0, 0.05) is 39.1 Å². The molecule has 0 saturated carbocycles. The average Bonchev–Trinajstić information content (AvgIpc) is 2.88. The second kappa shape index (κ2) is 6.24. The van der Waals surface area contributed by atoms with Crippen LogP contribution in [0.2, 0.25) is 0 Å². The number of benzene rings is 1. The Balaban J connectivity index is 1.88. The molecule has 1 fully saturated rings. The maximum atomic E-state index is 4.40. The normalized spacial score (nSPS) is 16.0. The first-order valence-electron chi connectivity index (χ1n) is 6.49. The van der Waals surface area contributed by atoms with Gasteiger partial charge in [-0.15, -0.1) is 0 Å². The van der Waals surface area contributed by atoms with Crippen LogP contribution in [0.3, 0.4) is 0 Å². The highest BCUT2D eigenvalue weighted by Gasteiger charge is 2.06. The third-order valence-corrected chi connectivity index (χ3v) is 3.10. The van der Waals surface area contributed by atoms with Gasteiger partial charge in [-0.2, -0.15) is 5.10 Å². The number of hydrogen-bond donors (Lipinski definition) is 0. The van der Waals surface area contributed by atoms with Crippen molar-refractivity contribution in [2.45, 2.75) is 12.8 Å². The monoisotopic (exact) mass is 243 g/mol. The molecule has 0 aromatic heterocycles. The molecule has 0 aliphatic carbocycles. The van der Waals surface area contributed by atoms with E-state index in [1.54, 1.807) is 0 Å². The van der Waals surface area contributed by atoms with E-state index in [0.29, 0.717) is 0 Å². The fourth-order valence-corrected chi connectivity index (χ4v) is 1.99. The first kappa shape index (κ1) is 12.7. The molecule has 0 spiro atoms. The molecule has 1 heterocycles. The van der Waals surface area contributed by atoms with Gasteiger partial charge >= 0.3 is 0 Å². The number of hydrogen-bond acceptors (Lipinski definition) is 3. The lowest BCUT2D eigenvalue weighted by Crippen LogP contribution is -2.10. The van der Waals surface area contributed by atoms with E-state index >= 15 is 0 Å². The molecule has 3 heteroatoms. The van der Waals surface area contributed by atoms with E-state index in [-0.39, 0.29) is 0 Å². The summed E-state index contributed by atoms with van der Waals surface area (Å²) in [4.78, 5) is 2.10. The lowest BCUT2D eigenvalue weighted by atomic mass is 10.2. The standard InChI is InChI=1S/C15H21N3/c1-17(2)15-9-7-14(8-10-15)6-5-11-16-18-12-3-4-13-18/h5-11H,3-4,12-13H2,1-2H3. The van der Waals surface area contributed by atoms with Crippen LogP contribution >= 0.6 is 0 Å². The summed E-state index contributed by atoms with van der Waals surface area (Å²) in [5.74, 6) is 0. The molecule has 96 valence electrons. The average molecular weight is 243 g/mol. The Morgan fingerprint density at radius 2 is 1.78 bits per heavy atom. The molecule has 0 N–H and O–H groups in total. The van der Waals surface area contributed by atoms with Crippen molar-refractivity contribution >= 4 is 18.0 Å². The van der Waals surface area contributed by atoms with E-state index in [9.17, 15) is 0 Å². The van der Waals surface area contributed by atoms with Gasteiger partial charge in [-0.3, -0.25) is 5.01 Å². The van der Waals surface area contributed by atoms with E-state index in [1.807, 2.05) is 26.4 Å². The summed E-state index contributed by atoms with van der Waals surface area (Å²) in [6.45, 7) is 2.20. The summed E-state index contributed by atoms with van der Waals surface area (Å²) in [5.41, 5.74) is 2.42. The van der Waals surface area contributed by atoms with E-state index in [1.165, 1.54) is 24.1 Å². The summed E-state index contributed by atoms with van der Waals surface area (Å²) < 4.78 is 0. The highest BCUT2D eigenvalue weighted by molar-refractivity contribution is 5.78. The minimum Gasteiger partial charge on any atom is -0.378 e. The largest absolute Gasteiger partial charge is 0.378 e. The molecule has 0 atom stereocenters. The zero-order valence-electron chi connectivity index (χ0n) is 11.2. The van der Waals surface area contributed by atoms with Crippen molar-refractivity contribution in [3.63, 3.8) is 0 Å². The summed E-state index contributed by atoms with van der Waals surface area (Å²) in [6.07, 6.45) is 8.51. The summed E-state index contributed by atoms with van der Waals surface area (Å²) >= 11 is 0. The highest BCUT2D eigenvalue weighted by atomic mass is 15.5. The predicted octanol–water partition coefficient (Wildman–Crippen LogP) is 2.85. The van der Waals surface area contributed by atoms with Crippen LogP contribution in [0.4, 0.5) is 5.69 Å². The molecule has 0 unspecified atom stereocenters. The van der Waals surface area contributed by atoms with Gasteiger partial charge in [0.2, 0.25) is 0 Å². The highest BCUT2D eigenvalue weighted by Crippen LogP contribution is 2.13. The van der Waals surface area contributed by atoms with Gasteiger partial charge in [0.25, 0.3) is 0 Å². The maximum Gasteiger partial charge on any atom is 0.0470 e. The fourth-order valence-electron chi connectivity index (χ4n) is 1.99. The number of allylic oxidation sites excluding steroid dienone is 1. The van der Waals surface area contributed by atoms with Crippen LogP contribution in [0.5, 0.6) is 0 Å². The molecular weight excluding hydrogens is 222 g/mol.